The van der Waals surface area contributed by atoms with E-state index in [4.69, 9.17) is 4.74 Å². The molecule has 2 amide bonds. The first kappa shape index (κ1) is 35.2. The van der Waals surface area contributed by atoms with Crippen LogP contribution in [0.25, 0.3) is 0 Å². The van der Waals surface area contributed by atoms with Gasteiger partial charge in [-0.05, 0) is 65.4 Å². The molecule has 4 aromatic rings. The summed E-state index contributed by atoms with van der Waals surface area (Å²) < 4.78 is 34.9. The predicted molar refractivity (Wildman–Crippen MR) is 187 cm³/mol. The molecule has 248 valence electrons. The molecule has 1 N–H and O–H groups in total. The Balaban J connectivity index is 1.80. The molecule has 0 saturated heterocycles. The molecule has 9 heteroatoms. The summed E-state index contributed by atoms with van der Waals surface area (Å²) in [4.78, 5) is 30.1. The highest BCUT2D eigenvalue weighted by molar-refractivity contribution is 7.92. The molecule has 47 heavy (non-hydrogen) atoms. The van der Waals surface area contributed by atoms with E-state index in [1.807, 2.05) is 73.7 Å². The number of carbonyl (C=O) groups is 2. The number of nitrogens with zero attached hydrogens (tertiary/aromatic N) is 2. The van der Waals surface area contributed by atoms with E-state index in [1.54, 1.807) is 37.4 Å². The molecule has 0 spiro atoms. The van der Waals surface area contributed by atoms with Gasteiger partial charge in [0.25, 0.3) is 10.0 Å². The summed E-state index contributed by atoms with van der Waals surface area (Å²) in [5.41, 5.74) is 3.03. The van der Waals surface area contributed by atoms with Crippen LogP contribution in [0.15, 0.2) is 114 Å². The Kier molecular flexibility index (Phi) is 12.6. The molecule has 4 rings (SSSR count). The molecule has 0 heterocycles. The molecular weight excluding hydrogens is 611 g/mol. The molecule has 0 aromatic heterocycles. The molecule has 0 aliphatic heterocycles. The fourth-order valence-corrected chi connectivity index (χ4v) is 6.74. The van der Waals surface area contributed by atoms with E-state index in [0.717, 1.165) is 33.8 Å². The summed E-state index contributed by atoms with van der Waals surface area (Å²) in [5.74, 6) is 0.0535. The van der Waals surface area contributed by atoms with Gasteiger partial charge in [-0.25, -0.2) is 8.42 Å². The Bertz CT molecular complexity index is 1690. The summed E-state index contributed by atoms with van der Waals surface area (Å²) in [7, 11) is -2.59. The molecular formula is C38H45N3O5S. The zero-order chi connectivity index (χ0) is 33.8. The summed E-state index contributed by atoms with van der Waals surface area (Å²) >= 11 is 0. The lowest BCUT2D eigenvalue weighted by molar-refractivity contribution is -0.140. The number of sulfonamides is 1. The summed E-state index contributed by atoms with van der Waals surface area (Å²) in [6.45, 7) is 6.20. The monoisotopic (exact) mass is 655 g/mol. The van der Waals surface area contributed by atoms with E-state index in [-0.39, 0.29) is 29.7 Å². The number of carbonyl (C=O) groups excluding carboxylic acids is 2. The Morgan fingerprint density at radius 1 is 0.830 bits per heavy atom. The van der Waals surface area contributed by atoms with E-state index < -0.39 is 28.5 Å². The van der Waals surface area contributed by atoms with Gasteiger partial charge in [0.05, 0.1) is 17.7 Å². The maximum Gasteiger partial charge on any atom is 0.264 e. The minimum Gasteiger partial charge on any atom is -0.497 e. The largest absolute Gasteiger partial charge is 0.497 e. The second-order valence-corrected chi connectivity index (χ2v) is 13.7. The first-order valence-corrected chi connectivity index (χ1v) is 17.5. The molecule has 0 fully saturated rings. The molecule has 0 aliphatic carbocycles. The highest BCUT2D eigenvalue weighted by Crippen LogP contribution is 2.27. The van der Waals surface area contributed by atoms with Crippen molar-refractivity contribution in [2.75, 3.05) is 24.5 Å². The second-order valence-electron chi connectivity index (χ2n) is 11.8. The average Bonchev–Trinajstić information content (AvgIpc) is 3.09. The smallest absolute Gasteiger partial charge is 0.264 e. The van der Waals surface area contributed by atoms with Gasteiger partial charge in [0.2, 0.25) is 11.8 Å². The van der Waals surface area contributed by atoms with Crippen LogP contribution in [0.3, 0.4) is 0 Å². The maximum absolute atomic E-state index is 14.6. The second kappa shape index (κ2) is 16.8. The molecule has 0 aliphatic rings. The maximum atomic E-state index is 14.6. The minimum atomic E-state index is -4.16. The standard InChI is InChI=1S/C38H45N3O5S/c1-5-6-24-39-38(43)36(26-30-14-9-7-10-15-30)40(27-31-16-13-17-34(25-31)46-4)37(42)28-41(33-22-20-32(21-23-33)29(2)3)47(44,45)35-18-11-8-12-19-35/h7-23,25,29,36H,5-6,24,26-28H2,1-4H3,(H,39,43)/t36-/m0/s1. The highest BCUT2D eigenvalue weighted by atomic mass is 32.2. The van der Waals surface area contributed by atoms with Crippen LogP contribution < -0.4 is 14.4 Å². The SMILES string of the molecule is CCCCNC(=O)[C@H](Cc1ccccc1)N(Cc1cccc(OC)c1)C(=O)CN(c1ccc(C(C)C)cc1)S(=O)(=O)c1ccccc1. The summed E-state index contributed by atoms with van der Waals surface area (Å²) in [5, 5.41) is 3.02. The zero-order valence-electron chi connectivity index (χ0n) is 27.6. The molecule has 1 atom stereocenters. The van der Waals surface area contributed by atoms with Crippen LogP contribution in [-0.2, 0) is 32.6 Å². The lowest BCUT2D eigenvalue weighted by atomic mass is 10.0. The lowest BCUT2D eigenvalue weighted by Gasteiger charge is -2.34. The van der Waals surface area contributed by atoms with Gasteiger partial charge in [0.15, 0.2) is 0 Å². The van der Waals surface area contributed by atoms with E-state index in [2.05, 4.69) is 19.2 Å². The van der Waals surface area contributed by atoms with Crippen LogP contribution in [-0.4, -0.2) is 51.4 Å². The van der Waals surface area contributed by atoms with Crippen molar-refractivity contribution in [2.45, 2.75) is 63.4 Å². The van der Waals surface area contributed by atoms with Gasteiger partial charge in [-0.1, -0.05) is 100.0 Å². The number of methoxy groups -OCH3 is 1. The Hall–Kier alpha value is -4.63. The van der Waals surface area contributed by atoms with Gasteiger partial charge in [-0.15, -0.1) is 0 Å². The fraction of sp³-hybridized carbons (Fsp3) is 0.316. The van der Waals surface area contributed by atoms with Gasteiger partial charge in [-0.3, -0.25) is 13.9 Å². The van der Waals surface area contributed by atoms with Crippen molar-refractivity contribution in [1.82, 2.24) is 10.2 Å². The number of benzene rings is 4. The molecule has 0 unspecified atom stereocenters. The summed E-state index contributed by atoms with van der Waals surface area (Å²) in [6, 6.07) is 31.2. The van der Waals surface area contributed by atoms with E-state index >= 15 is 0 Å². The molecule has 4 aromatic carbocycles. The number of rotatable bonds is 16. The molecule has 0 radical (unpaired) electrons. The van der Waals surface area contributed by atoms with Crippen LogP contribution in [0, 0.1) is 0 Å². The van der Waals surface area contributed by atoms with Crippen LogP contribution in [0.2, 0.25) is 0 Å². The van der Waals surface area contributed by atoms with Crippen molar-refractivity contribution in [3.8, 4) is 5.75 Å². The number of anilines is 1. The number of ether oxygens (including phenoxy) is 1. The number of hydrogen-bond donors (Lipinski definition) is 1. The Morgan fingerprint density at radius 2 is 1.47 bits per heavy atom. The van der Waals surface area contributed by atoms with Crippen LogP contribution in [0.5, 0.6) is 5.75 Å². The quantitative estimate of drug-likeness (QED) is 0.138. The van der Waals surface area contributed by atoms with E-state index in [0.29, 0.717) is 18.0 Å². The number of amides is 2. The van der Waals surface area contributed by atoms with Crippen LogP contribution in [0.4, 0.5) is 5.69 Å². The topological polar surface area (TPSA) is 96.0 Å². The Labute approximate surface area is 279 Å². The zero-order valence-corrected chi connectivity index (χ0v) is 28.5. The van der Waals surface area contributed by atoms with Crippen molar-refractivity contribution < 1.29 is 22.7 Å². The van der Waals surface area contributed by atoms with Gasteiger partial charge >= 0.3 is 0 Å². The van der Waals surface area contributed by atoms with E-state index in [9.17, 15) is 18.0 Å². The summed E-state index contributed by atoms with van der Waals surface area (Å²) in [6.07, 6.45) is 1.95. The van der Waals surface area contributed by atoms with Gasteiger partial charge in [0.1, 0.15) is 18.3 Å². The third-order valence-electron chi connectivity index (χ3n) is 8.05. The van der Waals surface area contributed by atoms with Gasteiger partial charge < -0.3 is 15.0 Å². The highest BCUT2D eigenvalue weighted by Gasteiger charge is 2.34. The number of unbranched alkanes of at least 4 members (excludes halogenated alkanes) is 1. The third kappa shape index (κ3) is 9.45. The average molecular weight is 656 g/mol. The van der Waals surface area contributed by atoms with Crippen molar-refractivity contribution in [2.24, 2.45) is 0 Å². The third-order valence-corrected chi connectivity index (χ3v) is 9.83. The lowest BCUT2D eigenvalue weighted by Crippen LogP contribution is -2.53. The number of hydrogen-bond acceptors (Lipinski definition) is 5. The first-order valence-electron chi connectivity index (χ1n) is 16.1. The van der Waals surface area contributed by atoms with Crippen LogP contribution >= 0.6 is 0 Å². The molecule has 0 saturated carbocycles. The van der Waals surface area contributed by atoms with Crippen molar-refractivity contribution in [1.29, 1.82) is 0 Å². The fourth-order valence-electron chi connectivity index (χ4n) is 5.30. The normalized spacial score (nSPS) is 11.9. The van der Waals surface area contributed by atoms with Crippen molar-refractivity contribution in [3.63, 3.8) is 0 Å². The predicted octanol–water partition coefficient (Wildman–Crippen LogP) is 6.57. The number of nitrogens with one attached hydrogen (secondary N) is 1. The molecule has 8 nitrogen and oxygen atoms in total. The van der Waals surface area contributed by atoms with E-state index in [1.165, 1.54) is 17.0 Å². The minimum absolute atomic E-state index is 0.0678. The first-order chi connectivity index (χ1) is 22.6. The Morgan fingerprint density at radius 3 is 2.09 bits per heavy atom. The van der Waals surface area contributed by atoms with Crippen molar-refractivity contribution in [3.05, 3.63) is 126 Å². The van der Waals surface area contributed by atoms with Crippen molar-refractivity contribution >= 4 is 27.5 Å². The van der Waals surface area contributed by atoms with Crippen LogP contribution in [0.1, 0.15) is 56.2 Å². The van der Waals surface area contributed by atoms with Gasteiger partial charge in [-0.2, -0.15) is 0 Å². The van der Waals surface area contributed by atoms with Gasteiger partial charge in [0, 0.05) is 19.5 Å². The molecule has 0 bridgehead atoms.